The Balaban J connectivity index is 1.77. The molecule has 2 rings (SSSR count). The Kier molecular flexibility index (Phi) is 6.11. The fourth-order valence-corrected chi connectivity index (χ4v) is 3.43. The molecule has 1 aliphatic rings. The minimum Gasteiger partial charge on any atom is -0.359 e. The molecule has 1 fully saturated rings. The lowest BCUT2D eigenvalue weighted by Crippen LogP contribution is -2.43. The van der Waals surface area contributed by atoms with Crippen molar-refractivity contribution < 1.29 is 9.59 Å². The second kappa shape index (κ2) is 7.84. The fraction of sp³-hybridized carbons (Fsp3) is 0.467. The Hall–Kier alpha value is -1.01. The average Bonchev–Trinajstić information content (AvgIpc) is 2.53. The van der Waals surface area contributed by atoms with Gasteiger partial charge in [-0.15, -0.1) is 11.8 Å². The highest BCUT2D eigenvalue weighted by Crippen LogP contribution is 2.22. The number of hydrogen-bond donors (Lipinski definition) is 1. The van der Waals surface area contributed by atoms with Crippen molar-refractivity contribution in [1.82, 2.24) is 10.2 Å². The summed E-state index contributed by atoms with van der Waals surface area (Å²) in [6.45, 7) is 1.36. The zero-order valence-electron chi connectivity index (χ0n) is 12.0. The molecule has 1 aliphatic heterocycles. The molecule has 0 unspecified atom stereocenters. The smallest absolute Gasteiger partial charge is 0.232 e. The molecular weight excluding hydrogens is 352 g/mol. The maximum absolute atomic E-state index is 12.2. The van der Waals surface area contributed by atoms with E-state index in [1.807, 2.05) is 29.2 Å². The van der Waals surface area contributed by atoms with Crippen molar-refractivity contribution in [3.63, 3.8) is 0 Å². The number of nitrogens with zero attached hydrogens (tertiary/aromatic N) is 1. The van der Waals surface area contributed by atoms with Crippen LogP contribution in [0.4, 0.5) is 0 Å². The molecule has 1 N–H and O–H groups in total. The largest absolute Gasteiger partial charge is 0.359 e. The number of carbonyl (C=O) groups excluding carboxylic acids is 2. The van der Waals surface area contributed by atoms with Gasteiger partial charge in [-0.1, -0.05) is 15.9 Å². The minimum atomic E-state index is 0.0539. The molecule has 1 saturated heterocycles. The zero-order valence-corrected chi connectivity index (χ0v) is 14.4. The molecule has 114 valence electrons. The van der Waals surface area contributed by atoms with E-state index in [1.165, 1.54) is 0 Å². The van der Waals surface area contributed by atoms with Crippen molar-refractivity contribution in [1.29, 1.82) is 0 Å². The quantitative estimate of drug-likeness (QED) is 0.828. The Morgan fingerprint density at radius 1 is 1.29 bits per heavy atom. The molecule has 0 bridgehead atoms. The lowest BCUT2D eigenvalue weighted by Gasteiger charge is -2.31. The minimum absolute atomic E-state index is 0.0539. The Morgan fingerprint density at radius 3 is 2.48 bits per heavy atom. The molecular formula is C15H19BrN2O2S. The third-order valence-electron chi connectivity index (χ3n) is 3.64. The highest BCUT2D eigenvalue weighted by molar-refractivity contribution is 9.10. The molecule has 1 aromatic rings. The summed E-state index contributed by atoms with van der Waals surface area (Å²) < 4.78 is 1.04. The summed E-state index contributed by atoms with van der Waals surface area (Å²) in [5, 5.41) is 2.68. The van der Waals surface area contributed by atoms with E-state index in [2.05, 4.69) is 21.2 Å². The van der Waals surface area contributed by atoms with Gasteiger partial charge in [-0.05, 0) is 37.1 Å². The van der Waals surface area contributed by atoms with Crippen LogP contribution in [-0.4, -0.2) is 42.6 Å². The van der Waals surface area contributed by atoms with Gasteiger partial charge in [-0.2, -0.15) is 0 Å². The molecule has 0 spiro atoms. The van der Waals surface area contributed by atoms with Crippen LogP contribution >= 0.6 is 27.7 Å². The number of hydrogen-bond acceptors (Lipinski definition) is 3. The predicted octanol–water partition coefficient (Wildman–Crippen LogP) is 2.53. The number of benzene rings is 1. The van der Waals surface area contributed by atoms with Crippen molar-refractivity contribution in [2.75, 3.05) is 25.9 Å². The molecule has 6 heteroatoms. The SMILES string of the molecule is CNC(=O)C1CCN(C(=O)CSc2ccc(Br)cc2)CC1. The first-order valence-electron chi connectivity index (χ1n) is 6.98. The first kappa shape index (κ1) is 16.4. The zero-order chi connectivity index (χ0) is 15.2. The van der Waals surface area contributed by atoms with E-state index in [0.717, 1.165) is 22.2 Å². The van der Waals surface area contributed by atoms with E-state index in [4.69, 9.17) is 0 Å². The van der Waals surface area contributed by atoms with Crippen LogP contribution < -0.4 is 5.32 Å². The number of piperidine rings is 1. The van der Waals surface area contributed by atoms with Crippen LogP contribution in [0.25, 0.3) is 0 Å². The van der Waals surface area contributed by atoms with Crippen molar-refractivity contribution >= 4 is 39.5 Å². The molecule has 0 aliphatic carbocycles. The van der Waals surface area contributed by atoms with Crippen molar-refractivity contribution in [2.45, 2.75) is 17.7 Å². The van der Waals surface area contributed by atoms with Gasteiger partial charge in [-0.25, -0.2) is 0 Å². The van der Waals surface area contributed by atoms with Gasteiger partial charge in [-0.3, -0.25) is 9.59 Å². The summed E-state index contributed by atoms with van der Waals surface area (Å²) in [5.41, 5.74) is 0. The van der Waals surface area contributed by atoms with Gasteiger partial charge in [0.2, 0.25) is 11.8 Å². The monoisotopic (exact) mass is 370 g/mol. The van der Waals surface area contributed by atoms with Crippen LogP contribution in [-0.2, 0) is 9.59 Å². The summed E-state index contributed by atoms with van der Waals surface area (Å²) in [6, 6.07) is 7.95. The normalized spacial score (nSPS) is 15.8. The first-order chi connectivity index (χ1) is 10.1. The molecule has 0 aromatic heterocycles. The molecule has 1 aromatic carbocycles. The van der Waals surface area contributed by atoms with Crippen LogP contribution in [0.2, 0.25) is 0 Å². The van der Waals surface area contributed by atoms with E-state index < -0.39 is 0 Å². The summed E-state index contributed by atoms with van der Waals surface area (Å²) in [6.07, 6.45) is 1.52. The fourth-order valence-electron chi connectivity index (χ4n) is 2.36. The van der Waals surface area contributed by atoms with Crippen LogP contribution in [0.5, 0.6) is 0 Å². The number of likely N-dealkylation sites (tertiary alicyclic amines) is 1. The van der Waals surface area contributed by atoms with E-state index in [-0.39, 0.29) is 17.7 Å². The van der Waals surface area contributed by atoms with E-state index >= 15 is 0 Å². The maximum atomic E-state index is 12.2. The molecule has 21 heavy (non-hydrogen) atoms. The highest BCUT2D eigenvalue weighted by Gasteiger charge is 2.26. The number of thioether (sulfide) groups is 1. The Bertz CT molecular complexity index is 499. The summed E-state index contributed by atoms with van der Waals surface area (Å²) in [5.74, 6) is 0.745. The number of halogens is 1. The van der Waals surface area contributed by atoms with Crippen LogP contribution in [0.1, 0.15) is 12.8 Å². The highest BCUT2D eigenvalue weighted by atomic mass is 79.9. The van der Waals surface area contributed by atoms with E-state index in [9.17, 15) is 9.59 Å². The number of carbonyl (C=O) groups is 2. The van der Waals surface area contributed by atoms with E-state index in [0.29, 0.717) is 18.8 Å². The van der Waals surface area contributed by atoms with Crippen LogP contribution in [0.3, 0.4) is 0 Å². The van der Waals surface area contributed by atoms with Crippen LogP contribution in [0.15, 0.2) is 33.6 Å². The molecule has 4 nitrogen and oxygen atoms in total. The molecule has 0 saturated carbocycles. The van der Waals surface area contributed by atoms with Gasteiger partial charge < -0.3 is 10.2 Å². The molecule has 0 atom stereocenters. The van der Waals surface area contributed by atoms with Gasteiger partial charge >= 0.3 is 0 Å². The van der Waals surface area contributed by atoms with Gasteiger partial charge in [0.1, 0.15) is 0 Å². The van der Waals surface area contributed by atoms with Crippen molar-refractivity contribution in [3.8, 4) is 0 Å². The Labute approximate surface area is 137 Å². The van der Waals surface area contributed by atoms with Gasteiger partial charge in [0, 0.05) is 35.4 Å². The second-order valence-electron chi connectivity index (χ2n) is 5.01. The molecule has 0 radical (unpaired) electrons. The lowest BCUT2D eigenvalue weighted by atomic mass is 9.96. The maximum Gasteiger partial charge on any atom is 0.232 e. The van der Waals surface area contributed by atoms with Crippen molar-refractivity contribution in [3.05, 3.63) is 28.7 Å². The van der Waals surface area contributed by atoms with Gasteiger partial charge in [0.25, 0.3) is 0 Å². The predicted molar refractivity (Wildman–Crippen MR) is 88.2 cm³/mol. The summed E-state index contributed by atoms with van der Waals surface area (Å²) in [4.78, 5) is 26.7. The average molecular weight is 371 g/mol. The third kappa shape index (κ3) is 4.74. The van der Waals surface area contributed by atoms with Gasteiger partial charge in [0.05, 0.1) is 5.75 Å². The summed E-state index contributed by atoms with van der Waals surface area (Å²) in [7, 11) is 1.66. The first-order valence-corrected chi connectivity index (χ1v) is 8.75. The van der Waals surface area contributed by atoms with Gasteiger partial charge in [0.15, 0.2) is 0 Å². The molecule has 2 amide bonds. The van der Waals surface area contributed by atoms with Crippen molar-refractivity contribution in [2.24, 2.45) is 5.92 Å². The lowest BCUT2D eigenvalue weighted by molar-refractivity contribution is -0.133. The van der Waals surface area contributed by atoms with E-state index in [1.54, 1.807) is 18.8 Å². The van der Waals surface area contributed by atoms with Crippen LogP contribution in [0, 0.1) is 5.92 Å². The standard InChI is InChI=1S/C15H19BrN2O2S/c1-17-15(20)11-6-8-18(9-7-11)14(19)10-21-13-4-2-12(16)3-5-13/h2-5,11H,6-10H2,1H3,(H,17,20). The number of amides is 2. The third-order valence-corrected chi connectivity index (χ3v) is 5.17. The number of nitrogens with one attached hydrogen (secondary N) is 1. The topological polar surface area (TPSA) is 49.4 Å². The molecule has 1 heterocycles. The second-order valence-corrected chi connectivity index (χ2v) is 6.98. The summed E-state index contributed by atoms with van der Waals surface area (Å²) >= 11 is 4.95. The Morgan fingerprint density at radius 2 is 1.90 bits per heavy atom. The number of rotatable bonds is 4.